The monoisotopic (exact) mass is 355 g/mol. The Bertz CT molecular complexity index is 697. The molecule has 5 atom stereocenters. The van der Waals surface area contributed by atoms with Crippen LogP contribution in [0.15, 0.2) is 18.3 Å². The van der Waals surface area contributed by atoms with Crippen molar-refractivity contribution < 1.29 is 9.53 Å². The first-order chi connectivity index (χ1) is 12.6. The zero-order valence-corrected chi connectivity index (χ0v) is 15.6. The number of piperidine rings is 1. The van der Waals surface area contributed by atoms with Gasteiger partial charge in [-0.05, 0) is 61.6 Å². The molecular formula is C21H29N3O2. The number of fused-ring (bicyclic) bond motifs is 3. The summed E-state index contributed by atoms with van der Waals surface area (Å²) in [6.45, 7) is 2.23. The van der Waals surface area contributed by atoms with Gasteiger partial charge in [-0.1, -0.05) is 6.42 Å². The first-order valence-electron chi connectivity index (χ1n) is 10.2. The van der Waals surface area contributed by atoms with Crippen molar-refractivity contribution >= 4 is 5.91 Å². The number of rotatable bonds is 4. The summed E-state index contributed by atoms with van der Waals surface area (Å²) in [5.74, 6) is 2.52. The molecule has 1 aliphatic heterocycles. The van der Waals surface area contributed by atoms with Gasteiger partial charge in [0, 0.05) is 44.3 Å². The SMILES string of the molecule is COC1(c2ccnc(C(N)=O)c2)C2CCCC1CN(C1C[C@@H]3C[C@@H]3C1)C2. The molecule has 2 bridgehead atoms. The molecule has 1 saturated heterocycles. The van der Waals surface area contributed by atoms with E-state index in [0.717, 1.165) is 36.5 Å². The molecule has 2 heterocycles. The largest absolute Gasteiger partial charge is 0.373 e. The van der Waals surface area contributed by atoms with Crippen LogP contribution >= 0.6 is 0 Å². The average molecular weight is 355 g/mol. The molecule has 3 saturated carbocycles. The van der Waals surface area contributed by atoms with Crippen LogP contribution in [0.2, 0.25) is 0 Å². The van der Waals surface area contributed by atoms with Crippen LogP contribution in [0.1, 0.15) is 54.6 Å². The highest BCUT2D eigenvalue weighted by Crippen LogP contribution is 2.56. The van der Waals surface area contributed by atoms with Crippen molar-refractivity contribution in [3.8, 4) is 0 Å². The Morgan fingerprint density at radius 1 is 1.23 bits per heavy atom. The van der Waals surface area contributed by atoms with E-state index in [1.54, 1.807) is 6.20 Å². The average Bonchev–Trinajstić information content (AvgIpc) is 3.25. The Morgan fingerprint density at radius 3 is 2.54 bits per heavy atom. The summed E-state index contributed by atoms with van der Waals surface area (Å²) in [5.41, 5.74) is 6.61. The number of carbonyl (C=O) groups excluding carboxylic acids is 1. The second-order valence-corrected chi connectivity index (χ2v) is 8.95. The molecule has 3 unspecified atom stereocenters. The molecule has 5 nitrogen and oxygen atoms in total. The topological polar surface area (TPSA) is 68.5 Å². The van der Waals surface area contributed by atoms with Crippen LogP contribution in [-0.2, 0) is 10.3 Å². The van der Waals surface area contributed by atoms with Gasteiger partial charge in [-0.25, -0.2) is 0 Å². The maximum Gasteiger partial charge on any atom is 0.267 e. The summed E-state index contributed by atoms with van der Waals surface area (Å²) >= 11 is 0. The minimum Gasteiger partial charge on any atom is -0.373 e. The summed E-state index contributed by atoms with van der Waals surface area (Å²) in [6, 6.07) is 4.69. The van der Waals surface area contributed by atoms with Crippen molar-refractivity contribution in [2.24, 2.45) is 29.4 Å². The standard InChI is InChI=1S/C21H29N3O2/c1-26-21(15-5-6-23-19(10-15)20(22)25)16-3-2-4-17(21)12-24(11-16)18-8-13-7-14(13)9-18/h5-6,10,13-14,16-18H,2-4,7-9,11-12H2,1H3,(H2,22,25)/t13-,14+,16?,17?,18?,21?. The van der Waals surface area contributed by atoms with E-state index in [1.165, 1.54) is 38.5 Å². The van der Waals surface area contributed by atoms with Gasteiger partial charge >= 0.3 is 0 Å². The first kappa shape index (κ1) is 16.7. The Hall–Kier alpha value is -1.46. The third-order valence-electron chi connectivity index (χ3n) is 7.76. The van der Waals surface area contributed by atoms with Gasteiger partial charge in [0.2, 0.25) is 0 Å². The second-order valence-electron chi connectivity index (χ2n) is 8.95. The van der Waals surface area contributed by atoms with E-state index in [1.807, 2.05) is 19.2 Å². The van der Waals surface area contributed by atoms with E-state index < -0.39 is 5.91 Å². The van der Waals surface area contributed by atoms with Crippen molar-refractivity contribution in [1.29, 1.82) is 0 Å². The lowest BCUT2D eigenvalue weighted by Gasteiger charge is -2.56. The molecule has 26 heavy (non-hydrogen) atoms. The molecule has 0 radical (unpaired) electrons. The molecular weight excluding hydrogens is 326 g/mol. The van der Waals surface area contributed by atoms with E-state index in [9.17, 15) is 4.79 Å². The number of nitrogens with two attached hydrogens (primary N) is 1. The summed E-state index contributed by atoms with van der Waals surface area (Å²) in [5, 5.41) is 0. The van der Waals surface area contributed by atoms with Gasteiger partial charge in [-0.3, -0.25) is 14.7 Å². The maximum absolute atomic E-state index is 11.6. The number of pyridine rings is 1. The lowest BCUT2D eigenvalue weighted by atomic mass is 9.62. The highest BCUT2D eigenvalue weighted by molar-refractivity contribution is 5.90. The Kier molecular flexibility index (Phi) is 3.87. The van der Waals surface area contributed by atoms with E-state index >= 15 is 0 Å². The van der Waals surface area contributed by atoms with Crippen LogP contribution in [0, 0.1) is 23.7 Å². The molecule has 2 N–H and O–H groups in total. The molecule has 4 aliphatic rings. The number of ether oxygens (including phenoxy) is 1. The predicted molar refractivity (Wildman–Crippen MR) is 98.5 cm³/mol. The van der Waals surface area contributed by atoms with E-state index in [4.69, 9.17) is 10.5 Å². The van der Waals surface area contributed by atoms with Crippen molar-refractivity contribution in [2.45, 2.75) is 50.2 Å². The predicted octanol–water partition coefficient (Wildman–Crippen LogP) is 2.55. The van der Waals surface area contributed by atoms with E-state index in [2.05, 4.69) is 9.88 Å². The summed E-state index contributed by atoms with van der Waals surface area (Å²) in [4.78, 5) is 18.6. The molecule has 1 aromatic rings. The third-order valence-corrected chi connectivity index (χ3v) is 7.76. The molecule has 3 aliphatic carbocycles. The Morgan fingerprint density at radius 2 is 1.92 bits per heavy atom. The number of carbonyl (C=O) groups is 1. The zero-order chi connectivity index (χ0) is 17.9. The number of aromatic nitrogens is 1. The molecule has 140 valence electrons. The second kappa shape index (κ2) is 6.03. The van der Waals surface area contributed by atoms with Crippen molar-refractivity contribution in [1.82, 2.24) is 9.88 Å². The van der Waals surface area contributed by atoms with Crippen LogP contribution in [0.3, 0.4) is 0 Å². The van der Waals surface area contributed by atoms with Gasteiger partial charge in [0.25, 0.3) is 5.91 Å². The number of likely N-dealkylation sites (tertiary alicyclic amines) is 1. The fraction of sp³-hybridized carbons (Fsp3) is 0.714. The lowest BCUT2D eigenvalue weighted by Crippen LogP contribution is -2.60. The number of nitrogens with zero attached hydrogens (tertiary/aromatic N) is 2. The highest BCUT2D eigenvalue weighted by Gasteiger charge is 2.56. The molecule has 0 spiro atoms. The summed E-state index contributed by atoms with van der Waals surface area (Å²) in [7, 11) is 1.84. The molecule has 1 aromatic heterocycles. The van der Waals surface area contributed by atoms with Gasteiger partial charge in [-0.2, -0.15) is 0 Å². The number of methoxy groups -OCH3 is 1. The molecule has 5 rings (SSSR count). The highest BCUT2D eigenvalue weighted by atomic mass is 16.5. The smallest absolute Gasteiger partial charge is 0.267 e. The quantitative estimate of drug-likeness (QED) is 0.901. The minimum atomic E-state index is -0.467. The van der Waals surface area contributed by atoms with Gasteiger partial charge in [0.1, 0.15) is 11.3 Å². The van der Waals surface area contributed by atoms with Gasteiger partial charge < -0.3 is 10.5 Å². The molecule has 0 aromatic carbocycles. The molecule has 5 heteroatoms. The number of primary amides is 1. The van der Waals surface area contributed by atoms with Gasteiger partial charge in [0.15, 0.2) is 0 Å². The molecule has 1 amide bonds. The number of hydrogen-bond donors (Lipinski definition) is 1. The van der Waals surface area contributed by atoms with Crippen LogP contribution < -0.4 is 5.73 Å². The van der Waals surface area contributed by atoms with Crippen LogP contribution in [0.4, 0.5) is 0 Å². The van der Waals surface area contributed by atoms with Gasteiger partial charge in [0.05, 0.1) is 0 Å². The Balaban J connectivity index is 1.46. The van der Waals surface area contributed by atoms with Crippen molar-refractivity contribution in [2.75, 3.05) is 20.2 Å². The van der Waals surface area contributed by atoms with E-state index in [-0.39, 0.29) is 5.60 Å². The summed E-state index contributed by atoms with van der Waals surface area (Å²) < 4.78 is 6.30. The number of amides is 1. The fourth-order valence-corrected chi connectivity index (χ4v) is 6.48. The van der Waals surface area contributed by atoms with Crippen molar-refractivity contribution in [3.05, 3.63) is 29.6 Å². The number of hydrogen-bond acceptors (Lipinski definition) is 4. The van der Waals surface area contributed by atoms with Crippen LogP contribution in [0.25, 0.3) is 0 Å². The maximum atomic E-state index is 11.6. The van der Waals surface area contributed by atoms with Crippen LogP contribution in [0.5, 0.6) is 0 Å². The third kappa shape index (κ3) is 2.43. The van der Waals surface area contributed by atoms with Crippen LogP contribution in [-0.4, -0.2) is 42.0 Å². The zero-order valence-electron chi connectivity index (χ0n) is 15.6. The van der Waals surface area contributed by atoms with Gasteiger partial charge in [-0.15, -0.1) is 0 Å². The first-order valence-corrected chi connectivity index (χ1v) is 10.2. The molecule has 4 fully saturated rings. The summed E-state index contributed by atoms with van der Waals surface area (Å²) in [6.07, 6.45) is 9.66. The minimum absolute atomic E-state index is 0.302. The van der Waals surface area contributed by atoms with E-state index in [0.29, 0.717) is 17.5 Å². The Labute approximate surface area is 155 Å². The normalized spacial score (nSPS) is 41.7. The van der Waals surface area contributed by atoms with Crippen molar-refractivity contribution in [3.63, 3.8) is 0 Å². The lowest BCUT2D eigenvalue weighted by molar-refractivity contribution is -0.174. The fourth-order valence-electron chi connectivity index (χ4n) is 6.48.